The largest absolute Gasteiger partial charge is 0.416 e. The van der Waals surface area contributed by atoms with Crippen molar-refractivity contribution in [2.45, 2.75) is 38.4 Å². The summed E-state index contributed by atoms with van der Waals surface area (Å²) < 4.78 is 65.0. The van der Waals surface area contributed by atoms with Gasteiger partial charge in [-0.3, -0.25) is 14.2 Å². The van der Waals surface area contributed by atoms with Gasteiger partial charge in [0.25, 0.3) is 11.5 Å². The van der Waals surface area contributed by atoms with Crippen LogP contribution in [0, 0.1) is 12.8 Å². The van der Waals surface area contributed by atoms with E-state index in [9.17, 15) is 31.2 Å². The topological polar surface area (TPSA) is 85.2 Å². The van der Waals surface area contributed by atoms with Gasteiger partial charge >= 0.3 is 6.18 Å². The molecule has 0 spiro atoms. The lowest BCUT2D eigenvalue weighted by atomic mass is 10.1. The number of alkyl halides is 3. The molecule has 0 saturated carbocycles. The number of nitrogens with one attached hydrogen (secondary N) is 1. The summed E-state index contributed by atoms with van der Waals surface area (Å²) in [4.78, 5) is 25.9. The molecule has 0 atom stereocenters. The van der Waals surface area contributed by atoms with Gasteiger partial charge in [-0.2, -0.15) is 13.2 Å². The first kappa shape index (κ1) is 26.2. The van der Waals surface area contributed by atoms with Crippen molar-refractivity contribution in [1.29, 1.82) is 0 Å². The summed E-state index contributed by atoms with van der Waals surface area (Å²) in [6.07, 6.45) is -4.58. The van der Waals surface area contributed by atoms with Gasteiger partial charge in [0.2, 0.25) is 0 Å². The minimum absolute atomic E-state index is 0.00447. The number of carbonyl (C=O) groups is 1. The van der Waals surface area contributed by atoms with Gasteiger partial charge in [-0.1, -0.05) is 32.0 Å². The summed E-state index contributed by atoms with van der Waals surface area (Å²) in [6, 6.07) is 13.2. The van der Waals surface area contributed by atoms with Crippen molar-refractivity contribution in [2.75, 3.05) is 5.75 Å². The maximum atomic E-state index is 13.1. The summed E-state index contributed by atoms with van der Waals surface area (Å²) in [5.74, 6) is -0.699. The van der Waals surface area contributed by atoms with Gasteiger partial charge in [-0.15, -0.1) is 0 Å². The zero-order valence-electron chi connectivity index (χ0n) is 19.4. The quantitative estimate of drug-likeness (QED) is 0.511. The molecule has 10 heteroatoms. The van der Waals surface area contributed by atoms with Gasteiger partial charge in [-0.25, -0.2) is 8.42 Å². The van der Waals surface area contributed by atoms with E-state index >= 15 is 0 Å². The van der Waals surface area contributed by atoms with Gasteiger partial charge in [0.15, 0.2) is 9.84 Å². The molecule has 3 rings (SSSR count). The van der Waals surface area contributed by atoms with Crippen LogP contribution < -0.4 is 10.9 Å². The molecule has 35 heavy (non-hydrogen) atoms. The zero-order chi connectivity index (χ0) is 26.0. The average Bonchev–Trinajstić information content (AvgIpc) is 2.77. The van der Waals surface area contributed by atoms with Crippen molar-refractivity contribution in [3.8, 4) is 5.69 Å². The number of carbonyl (C=O) groups excluding carboxylic acids is 1. The Morgan fingerprint density at radius 2 is 1.69 bits per heavy atom. The fraction of sp³-hybridized carbons (Fsp3) is 0.280. The number of amides is 1. The van der Waals surface area contributed by atoms with E-state index in [4.69, 9.17) is 0 Å². The Hall–Kier alpha value is -3.40. The van der Waals surface area contributed by atoms with E-state index in [1.807, 2.05) is 13.8 Å². The van der Waals surface area contributed by atoms with Crippen LogP contribution in [-0.4, -0.2) is 24.6 Å². The van der Waals surface area contributed by atoms with Crippen LogP contribution in [0.3, 0.4) is 0 Å². The summed E-state index contributed by atoms with van der Waals surface area (Å²) >= 11 is 0. The summed E-state index contributed by atoms with van der Waals surface area (Å²) in [6.45, 7) is 5.21. The van der Waals surface area contributed by atoms with E-state index in [1.165, 1.54) is 36.4 Å². The van der Waals surface area contributed by atoms with Gasteiger partial charge < -0.3 is 5.32 Å². The molecule has 0 bridgehead atoms. The third-order valence-corrected chi connectivity index (χ3v) is 7.34. The highest BCUT2D eigenvalue weighted by atomic mass is 32.2. The smallest absolute Gasteiger partial charge is 0.348 e. The van der Waals surface area contributed by atoms with Crippen LogP contribution in [0.2, 0.25) is 0 Å². The van der Waals surface area contributed by atoms with Crippen molar-refractivity contribution in [2.24, 2.45) is 5.92 Å². The maximum absolute atomic E-state index is 13.1. The van der Waals surface area contributed by atoms with Crippen molar-refractivity contribution < 1.29 is 26.4 Å². The van der Waals surface area contributed by atoms with Crippen LogP contribution in [0.15, 0.2) is 70.4 Å². The minimum atomic E-state index is -4.58. The van der Waals surface area contributed by atoms with E-state index in [0.29, 0.717) is 11.3 Å². The fourth-order valence-electron chi connectivity index (χ4n) is 3.57. The highest BCUT2D eigenvalue weighted by molar-refractivity contribution is 7.91. The lowest BCUT2D eigenvalue weighted by Crippen LogP contribution is -2.33. The third kappa shape index (κ3) is 6.19. The van der Waals surface area contributed by atoms with Gasteiger partial charge in [0.1, 0.15) is 5.56 Å². The molecular formula is C25H25F3N2O4S. The predicted molar refractivity (Wildman–Crippen MR) is 126 cm³/mol. The van der Waals surface area contributed by atoms with E-state index < -0.39 is 33.0 Å². The van der Waals surface area contributed by atoms with Gasteiger partial charge in [0.05, 0.1) is 16.2 Å². The molecule has 0 saturated heterocycles. The van der Waals surface area contributed by atoms with E-state index in [2.05, 4.69) is 5.32 Å². The lowest BCUT2D eigenvalue weighted by Gasteiger charge is -2.14. The monoisotopic (exact) mass is 506 g/mol. The molecule has 1 aromatic heterocycles. The highest BCUT2D eigenvalue weighted by Gasteiger charge is 2.30. The van der Waals surface area contributed by atoms with Crippen LogP contribution in [-0.2, 0) is 22.6 Å². The minimum Gasteiger partial charge on any atom is -0.348 e. The number of benzene rings is 2. The Labute approximate surface area is 201 Å². The van der Waals surface area contributed by atoms with Crippen LogP contribution in [0.1, 0.15) is 41.0 Å². The second kappa shape index (κ2) is 10.1. The number of pyridine rings is 1. The number of aryl methyl sites for hydroxylation is 1. The molecule has 0 aliphatic carbocycles. The van der Waals surface area contributed by atoms with Crippen LogP contribution >= 0.6 is 0 Å². The second-order valence-corrected chi connectivity index (χ2v) is 10.6. The number of nitrogens with zero attached hydrogens (tertiary/aromatic N) is 1. The first-order valence-corrected chi connectivity index (χ1v) is 12.4. The standard InChI is InChI=1S/C25H25F3N2O4S/c1-16(2)15-35(33,34)21-10-8-18(9-11-21)14-29-23(31)22-12-7-17(3)30(24(22)32)20-6-4-5-19(13-20)25(26,27)28/h4-13,16H,14-15H2,1-3H3,(H,29,31). The molecule has 0 fully saturated rings. The number of hydrogen-bond acceptors (Lipinski definition) is 4. The molecule has 0 unspecified atom stereocenters. The molecule has 1 amide bonds. The van der Waals surface area contributed by atoms with Crippen molar-refractivity contribution in [1.82, 2.24) is 9.88 Å². The van der Waals surface area contributed by atoms with E-state index in [0.717, 1.165) is 16.7 Å². The SMILES string of the molecule is Cc1ccc(C(=O)NCc2ccc(S(=O)(=O)CC(C)C)cc2)c(=O)n1-c1cccc(C(F)(F)F)c1. The maximum Gasteiger partial charge on any atom is 0.416 e. The molecule has 0 aliphatic heterocycles. The lowest BCUT2D eigenvalue weighted by molar-refractivity contribution is -0.137. The summed E-state index contributed by atoms with van der Waals surface area (Å²) in [5, 5.41) is 2.60. The zero-order valence-corrected chi connectivity index (χ0v) is 20.2. The van der Waals surface area contributed by atoms with Crippen LogP contribution in [0.25, 0.3) is 5.69 Å². The highest BCUT2D eigenvalue weighted by Crippen LogP contribution is 2.30. The molecular weight excluding hydrogens is 481 g/mol. The summed E-state index contributed by atoms with van der Waals surface area (Å²) in [5.41, 5.74) is -0.914. The number of hydrogen-bond donors (Lipinski definition) is 1. The first-order chi connectivity index (χ1) is 16.3. The van der Waals surface area contributed by atoms with Crippen molar-refractivity contribution in [3.05, 3.63) is 93.4 Å². The predicted octanol–water partition coefficient (Wildman–Crippen LogP) is 4.52. The number of rotatable bonds is 7. The summed E-state index contributed by atoms with van der Waals surface area (Å²) in [7, 11) is -3.41. The molecule has 0 radical (unpaired) electrons. The van der Waals surface area contributed by atoms with E-state index in [1.54, 1.807) is 19.1 Å². The Morgan fingerprint density at radius 3 is 2.29 bits per heavy atom. The van der Waals surface area contributed by atoms with E-state index in [-0.39, 0.29) is 34.4 Å². The molecule has 186 valence electrons. The van der Waals surface area contributed by atoms with Crippen molar-refractivity contribution in [3.63, 3.8) is 0 Å². The van der Waals surface area contributed by atoms with Gasteiger partial charge in [0, 0.05) is 17.9 Å². The molecule has 1 N–H and O–H groups in total. The Bertz CT molecular complexity index is 1390. The van der Waals surface area contributed by atoms with Crippen molar-refractivity contribution >= 4 is 15.7 Å². The number of aromatic nitrogens is 1. The molecule has 2 aromatic carbocycles. The Kier molecular flexibility index (Phi) is 7.54. The Balaban J connectivity index is 1.81. The number of sulfone groups is 1. The molecule has 0 aliphatic rings. The van der Waals surface area contributed by atoms with Crippen LogP contribution in [0.4, 0.5) is 13.2 Å². The van der Waals surface area contributed by atoms with Crippen LogP contribution in [0.5, 0.6) is 0 Å². The second-order valence-electron chi connectivity index (χ2n) is 8.58. The van der Waals surface area contributed by atoms with Gasteiger partial charge in [-0.05, 0) is 60.9 Å². The first-order valence-electron chi connectivity index (χ1n) is 10.8. The number of halogens is 3. The molecule has 6 nitrogen and oxygen atoms in total. The third-order valence-electron chi connectivity index (χ3n) is 5.24. The fourth-order valence-corrected chi connectivity index (χ4v) is 5.19. The normalized spacial score (nSPS) is 12.1. The molecule has 1 heterocycles. The molecule has 3 aromatic rings. The average molecular weight is 507 g/mol. The Morgan fingerprint density at radius 1 is 1.03 bits per heavy atom.